The van der Waals surface area contributed by atoms with Gasteiger partial charge in [-0.15, -0.1) is 0 Å². The Morgan fingerprint density at radius 1 is 1.44 bits per heavy atom. The van der Waals surface area contributed by atoms with Crippen molar-refractivity contribution < 1.29 is 9.21 Å². The molecule has 1 aliphatic rings. The minimum Gasteiger partial charge on any atom is -0.469 e. The Morgan fingerprint density at radius 2 is 2.06 bits per heavy atom. The summed E-state index contributed by atoms with van der Waals surface area (Å²) in [6.07, 6.45) is 1.54. The lowest BCUT2D eigenvalue weighted by molar-refractivity contribution is 0.0673. The van der Waals surface area contributed by atoms with Crippen LogP contribution >= 0.6 is 0 Å². The van der Waals surface area contributed by atoms with E-state index in [1.54, 1.807) is 6.07 Å². The van der Waals surface area contributed by atoms with Crippen LogP contribution in [0.2, 0.25) is 0 Å². The fraction of sp³-hybridized carbons (Fsp3) is 0.583. The fourth-order valence-corrected chi connectivity index (χ4v) is 2.23. The van der Waals surface area contributed by atoms with Gasteiger partial charge in [0.1, 0.15) is 12.0 Å². The highest BCUT2D eigenvalue weighted by Gasteiger charge is 2.26. The summed E-state index contributed by atoms with van der Waals surface area (Å²) < 4.78 is 5.17. The van der Waals surface area contributed by atoms with E-state index in [0.29, 0.717) is 17.6 Å². The molecule has 0 spiro atoms. The number of amides is 1. The summed E-state index contributed by atoms with van der Waals surface area (Å²) in [5, 5.41) is 3.40. The second kappa shape index (κ2) is 4.29. The fourth-order valence-electron chi connectivity index (χ4n) is 2.23. The van der Waals surface area contributed by atoms with Gasteiger partial charge in [-0.25, -0.2) is 0 Å². The van der Waals surface area contributed by atoms with Crippen molar-refractivity contribution in [3.63, 3.8) is 0 Å². The quantitative estimate of drug-likeness (QED) is 0.781. The normalized spacial score (nSPS) is 25.8. The van der Waals surface area contributed by atoms with Gasteiger partial charge in [-0.1, -0.05) is 0 Å². The van der Waals surface area contributed by atoms with Crippen molar-refractivity contribution in [3.8, 4) is 0 Å². The highest BCUT2D eigenvalue weighted by molar-refractivity contribution is 5.94. The summed E-state index contributed by atoms with van der Waals surface area (Å²) in [5.74, 6) is 0.844. The van der Waals surface area contributed by atoms with Crippen molar-refractivity contribution in [1.82, 2.24) is 10.2 Å². The molecular formula is C12H18N2O2. The van der Waals surface area contributed by atoms with Crippen molar-refractivity contribution >= 4 is 5.91 Å². The number of piperazine rings is 1. The standard InChI is InChI=1S/C12H18N2O2/c1-8-5-14(6-9(2)13-8)12(15)11-4-10(3)16-7-11/h4,7-9,13H,5-6H2,1-3H3. The molecule has 1 aliphatic heterocycles. The lowest BCUT2D eigenvalue weighted by atomic mass is 10.1. The van der Waals surface area contributed by atoms with E-state index in [-0.39, 0.29) is 5.91 Å². The largest absolute Gasteiger partial charge is 0.469 e. The van der Waals surface area contributed by atoms with E-state index < -0.39 is 0 Å². The Bertz CT molecular complexity index is 376. The SMILES string of the molecule is Cc1cc(C(=O)N2CC(C)NC(C)C2)co1. The predicted octanol–water partition coefficient (Wildman–Crippen LogP) is 1.41. The van der Waals surface area contributed by atoms with E-state index in [1.807, 2.05) is 11.8 Å². The van der Waals surface area contributed by atoms with Gasteiger partial charge >= 0.3 is 0 Å². The van der Waals surface area contributed by atoms with Crippen LogP contribution < -0.4 is 5.32 Å². The van der Waals surface area contributed by atoms with Crippen molar-refractivity contribution in [1.29, 1.82) is 0 Å². The number of furan rings is 1. The zero-order valence-corrected chi connectivity index (χ0v) is 9.99. The monoisotopic (exact) mass is 222 g/mol. The summed E-state index contributed by atoms with van der Waals surface area (Å²) in [7, 11) is 0. The first kappa shape index (κ1) is 11.2. The molecule has 1 amide bonds. The van der Waals surface area contributed by atoms with Gasteiger partial charge in [-0.2, -0.15) is 0 Å². The van der Waals surface area contributed by atoms with Crippen molar-refractivity contribution in [2.75, 3.05) is 13.1 Å². The molecule has 0 bridgehead atoms. The Morgan fingerprint density at radius 3 is 2.56 bits per heavy atom. The number of nitrogens with one attached hydrogen (secondary N) is 1. The molecule has 2 heterocycles. The topological polar surface area (TPSA) is 45.5 Å². The Kier molecular flexibility index (Phi) is 3.01. The number of aryl methyl sites for hydroxylation is 1. The van der Waals surface area contributed by atoms with Crippen LogP contribution in [0.3, 0.4) is 0 Å². The number of hydrogen-bond donors (Lipinski definition) is 1. The van der Waals surface area contributed by atoms with Crippen molar-refractivity contribution in [2.45, 2.75) is 32.9 Å². The van der Waals surface area contributed by atoms with Gasteiger partial charge in [0.2, 0.25) is 0 Å². The van der Waals surface area contributed by atoms with Crippen LogP contribution in [0, 0.1) is 6.92 Å². The third-order valence-electron chi connectivity index (χ3n) is 2.82. The zero-order chi connectivity index (χ0) is 11.7. The second-order valence-corrected chi connectivity index (χ2v) is 4.62. The van der Waals surface area contributed by atoms with Crippen LogP contribution in [0.4, 0.5) is 0 Å². The zero-order valence-electron chi connectivity index (χ0n) is 9.99. The van der Waals surface area contributed by atoms with Crippen LogP contribution in [0.25, 0.3) is 0 Å². The minimum atomic E-state index is 0.0667. The summed E-state index contributed by atoms with van der Waals surface area (Å²) in [6.45, 7) is 7.55. The Balaban J connectivity index is 2.09. The third kappa shape index (κ3) is 2.27. The number of nitrogens with zero attached hydrogens (tertiary/aromatic N) is 1. The van der Waals surface area contributed by atoms with Gasteiger partial charge in [-0.05, 0) is 26.8 Å². The molecule has 0 aromatic carbocycles. The average molecular weight is 222 g/mol. The van der Waals surface area contributed by atoms with E-state index in [1.165, 1.54) is 6.26 Å². The first-order chi connectivity index (χ1) is 7.56. The van der Waals surface area contributed by atoms with Gasteiger partial charge in [-0.3, -0.25) is 4.79 Å². The molecule has 1 saturated heterocycles. The van der Waals surface area contributed by atoms with Gasteiger partial charge < -0.3 is 14.6 Å². The van der Waals surface area contributed by atoms with E-state index in [9.17, 15) is 4.79 Å². The van der Waals surface area contributed by atoms with E-state index in [0.717, 1.165) is 18.8 Å². The molecular weight excluding hydrogens is 204 g/mol. The van der Waals surface area contributed by atoms with E-state index in [4.69, 9.17) is 4.42 Å². The first-order valence-corrected chi connectivity index (χ1v) is 5.66. The number of carbonyl (C=O) groups excluding carboxylic acids is 1. The maximum Gasteiger partial charge on any atom is 0.257 e. The Hall–Kier alpha value is -1.29. The van der Waals surface area contributed by atoms with Crippen molar-refractivity contribution in [3.05, 3.63) is 23.7 Å². The molecule has 1 aromatic heterocycles. The maximum atomic E-state index is 12.1. The highest BCUT2D eigenvalue weighted by Crippen LogP contribution is 2.12. The van der Waals surface area contributed by atoms with Gasteiger partial charge in [0.25, 0.3) is 5.91 Å². The molecule has 2 atom stereocenters. The molecule has 16 heavy (non-hydrogen) atoms. The van der Waals surface area contributed by atoms with E-state index >= 15 is 0 Å². The molecule has 4 heteroatoms. The number of carbonyl (C=O) groups is 1. The molecule has 0 radical (unpaired) electrons. The second-order valence-electron chi connectivity index (χ2n) is 4.62. The Labute approximate surface area is 95.6 Å². The maximum absolute atomic E-state index is 12.1. The first-order valence-electron chi connectivity index (χ1n) is 5.66. The summed E-state index contributed by atoms with van der Waals surface area (Å²) in [4.78, 5) is 14.0. The number of rotatable bonds is 1. The minimum absolute atomic E-state index is 0.0667. The van der Waals surface area contributed by atoms with Crippen LogP contribution in [0.5, 0.6) is 0 Å². The molecule has 0 aliphatic carbocycles. The molecule has 1 N–H and O–H groups in total. The average Bonchev–Trinajstić information content (AvgIpc) is 2.62. The molecule has 2 rings (SSSR count). The summed E-state index contributed by atoms with van der Waals surface area (Å²) >= 11 is 0. The number of hydrogen-bond acceptors (Lipinski definition) is 3. The molecule has 2 unspecified atom stereocenters. The third-order valence-corrected chi connectivity index (χ3v) is 2.82. The molecule has 88 valence electrons. The van der Waals surface area contributed by atoms with Gasteiger partial charge in [0, 0.05) is 25.2 Å². The van der Waals surface area contributed by atoms with E-state index in [2.05, 4.69) is 19.2 Å². The molecule has 0 saturated carbocycles. The smallest absolute Gasteiger partial charge is 0.257 e. The lowest BCUT2D eigenvalue weighted by Crippen LogP contribution is -2.55. The van der Waals surface area contributed by atoms with Gasteiger partial charge in [0.15, 0.2) is 0 Å². The highest BCUT2D eigenvalue weighted by atomic mass is 16.3. The summed E-state index contributed by atoms with van der Waals surface area (Å²) in [5.41, 5.74) is 0.652. The van der Waals surface area contributed by atoms with Crippen LogP contribution in [-0.2, 0) is 0 Å². The lowest BCUT2D eigenvalue weighted by Gasteiger charge is -2.35. The molecule has 1 aromatic rings. The molecule has 1 fully saturated rings. The summed E-state index contributed by atoms with van der Waals surface area (Å²) in [6, 6.07) is 2.49. The van der Waals surface area contributed by atoms with Gasteiger partial charge in [0.05, 0.1) is 5.56 Å². The molecule has 4 nitrogen and oxygen atoms in total. The predicted molar refractivity (Wildman–Crippen MR) is 61.4 cm³/mol. The van der Waals surface area contributed by atoms with Crippen LogP contribution in [0.15, 0.2) is 16.7 Å². The van der Waals surface area contributed by atoms with Crippen molar-refractivity contribution in [2.24, 2.45) is 0 Å². The van der Waals surface area contributed by atoms with Crippen LogP contribution in [0.1, 0.15) is 30.0 Å². The van der Waals surface area contributed by atoms with Crippen LogP contribution in [-0.4, -0.2) is 36.0 Å².